The molecule has 0 unspecified atom stereocenters. The molecule has 156 valence electrons. The molecular weight excluding hydrogens is 403 g/mol. The summed E-state index contributed by atoms with van der Waals surface area (Å²) in [5.41, 5.74) is 2.02. The van der Waals surface area contributed by atoms with E-state index in [1.54, 1.807) is 31.2 Å². The third-order valence-electron chi connectivity index (χ3n) is 4.72. The summed E-state index contributed by atoms with van der Waals surface area (Å²) in [5.74, 6) is -1.14. The molecule has 2 heterocycles. The maximum absolute atomic E-state index is 13.3. The standard InChI is InChI=1S/C23H17FN2O5/c1-13-21-17(23(28)30-12-19(27)16-5-3-4-6-20(16)29-2)11-18(25-22(21)31-26-13)14-7-9-15(24)10-8-14/h3-11H,12H2,1-2H3. The molecule has 8 heteroatoms. The summed E-state index contributed by atoms with van der Waals surface area (Å²) in [7, 11) is 1.46. The fourth-order valence-corrected chi connectivity index (χ4v) is 3.19. The highest BCUT2D eigenvalue weighted by Gasteiger charge is 2.22. The summed E-state index contributed by atoms with van der Waals surface area (Å²) < 4.78 is 29.0. The van der Waals surface area contributed by atoms with E-state index >= 15 is 0 Å². The Hall–Kier alpha value is -4.07. The number of Topliss-reactive ketones (excluding diaryl/α,β-unsaturated/α-hetero) is 1. The highest BCUT2D eigenvalue weighted by molar-refractivity contribution is 6.06. The molecule has 0 aliphatic rings. The van der Waals surface area contributed by atoms with Crippen LogP contribution < -0.4 is 4.74 Å². The van der Waals surface area contributed by atoms with Crippen LogP contribution in [0.5, 0.6) is 5.75 Å². The molecule has 4 aromatic rings. The topological polar surface area (TPSA) is 91.5 Å². The van der Waals surface area contributed by atoms with Gasteiger partial charge in [0.05, 0.1) is 35.0 Å². The van der Waals surface area contributed by atoms with Crippen LogP contribution in [0.15, 0.2) is 59.1 Å². The molecule has 0 aliphatic carbocycles. The minimum absolute atomic E-state index is 0.141. The zero-order valence-electron chi connectivity index (χ0n) is 16.7. The van der Waals surface area contributed by atoms with Gasteiger partial charge in [0.2, 0.25) is 5.78 Å². The van der Waals surface area contributed by atoms with Gasteiger partial charge < -0.3 is 14.0 Å². The van der Waals surface area contributed by atoms with Crippen molar-refractivity contribution in [3.63, 3.8) is 0 Å². The molecular formula is C23H17FN2O5. The van der Waals surface area contributed by atoms with E-state index in [2.05, 4.69) is 10.1 Å². The second kappa shape index (κ2) is 8.35. The molecule has 2 aromatic carbocycles. The Morgan fingerprint density at radius 2 is 1.81 bits per heavy atom. The lowest BCUT2D eigenvalue weighted by Crippen LogP contribution is -2.15. The van der Waals surface area contributed by atoms with Crippen LogP contribution >= 0.6 is 0 Å². The fourth-order valence-electron chi connectivity index (χ4n) is 3.19. The maximum atomic E-state index is 13.3. The molecule has 0 N–H and O–H groups in total. The van der Waals surface area contributed by atoms with Crippen molar-refractivity contribution in [1.82, 2.24) is 10.1 Å². The van der Waals surface area contributed by atoms with E-state index in [1.165, 1.54) is 37.4 Å². The highest BCUT2D eigenvalue weighted by atomic mass is 19.1. The van der Waals surface area contributed by atoms with Gasteiger partial charge in [-0.2, -0.15) is 0 Å². The predicted octanol–water partition coefficient (Wildman–Crippen LogP) is 4.39. The number of methoxy groups -OCH3 is 1. The number of pyridine rings is 1. The van der Waals surface area contributed by atoms with Crippen LogP contribution in [-0.2, 0) is 4.74 Å². The number of ketones is 1. The number of rotatable bonds is 6. The first-order chi connectivity index (χ1) is 15.0. The Morgan fingerprint density at radius 3 is 2.55 bits per heavy atom. The largest absolute Gasteiger partial charge is 0.496 e. The summed E-state index contributed by atoms with van der Waals surface area (Å²) in [4.78, 5) is 29.8. The molecule has 0 amide bonds. The van der Waals surface area contributed by atoms with E-state index in [0.717, 1.165) is 0 Å². The molecule has 0 fully saturated rings. The van der Waals surface area contributed by atoms with Crippen LogP contribution in [0.25, 0.3) is 22.4 Å². The highest BCUT2D eigenvalue weighted by Crippen LogP contribution is 2.28. The third kappa shape index (κ3) is 4.00. The Balaban J connectivity index is 1.64. The van der Waals surface area contributed by atoms with Crippen LogP contribution in [0.1, 0.15) is 26.4 Å². The number of halogens is 1. The summed E-state index contributed by atoms with van der Waals surface area (Å²) in [6, 6.07) is 13.8. The van der Waals surface area contributed by atoms with Crippen molar-refractivity contribution in [3.05, 3.63) is 77.2 Å². The van der Waals surface area contributed by atoms with Crippen LogP contribution in [0.4, 0.5) is 4.39 Å². The second-order valence-electron chi connectivity index (χ2n) is 6.71. The van der Waals surface area contributed by atoms with Gasteiger partial charge in [0.1, 0.15) is 11.6 Å². The van der Waals surface area contributed by atoms with Crippen molar-refractivity contribution in [1.29, 1.82) is 0 Å². The van der Waals surface area contributed by atoms with Gasteiger partial charge in [0.25, 0.3) is 5.71 Å². The maximum Gasteiger partial charge on any atom is 0.339 e. The number of benzene rings is 2. The Kier molecular flexibility index (Phi) is 5.44. The van der Waals surface area contributed by atoms with E-state index < -0.39 is 24.2 Å². The van der Waals surface area contributed by atoms with Crippen LogP contribution in [0.3, 0.4) is 0 Å². The van der Waals surface area contributed by atoms with Gasteiger partial charge in [-0.3, -0.25) is 4.79 Å². The van der Waals surface area contributed by atoms with E-state index in [0.29, 0.717) is 33.7 Å². The minimum atomic E-state index is -0.731. The Bertz CT molecular complexity index is 1280. The number of hydrogen-bond donors (Lipinski definition) is 0. The number of esters is 1. The van der Waals surface area contributed by atoms with E-state index in [9.17, 15) is 14.0 Å². The molecule has 2 aromatic heterocycles. The van der Waals surface area contributed by atoms with Gasteiger partial charge in [-0.05, 0) is 49.4 Å². The molecule has 0 saturated heterocycles. The minimum Gasteiger partial charge on any atom is -0.496 e. The summed E-state index contributed by atoms with van der Waals surface area (Å²) in [6.07, 6.45) is 0. The number of nitrogens with zero attached hydrogens (tertiary/aromatic N) is 2. The third-order valence-corrected chi connectivity index (χ3v) is 4.72. The number of fused-ring (bicyclic) bond motifs is 1. The molecule has 0 atom stereocenters. The van der Waals surface area contributed by atoms with Crippen molar-refractivity contribution in [2.45, 2.75) is 6.92 Å². The quantitative estimate of drug-likeness (QED) is 0.337. The molecule has 4 rings (SSSR count). The number of hydrogen-bond acceptors (Lipinski definition) is 7. The number of aryl methyl sites for hydroxylation is 1. The SMILES string of the molecule is COc1ccccc1C(=O)COC(=O)c1cc(-c2ccc(F)cc2)nc2onc(C)c12. The number of carbonyl (C=O) groups excluding carboxylic acids is 2. The number of aromatic nitrogens is 2. The lowest BCUT2D eigenvalue weighted by Gasteiger charge is -2.09. The van der Waals surface area contributed by atoms with Gasteiger partial charge in [-0.15, -0.1) is 0 Å². The first kappa shape index (κ1) is 20.2. The van der Waals surface area contributed by atoms with Crippen molar-refractivity contribution >= 4 is 22.9 Å². The van der Waals surface area contributed by atoms with Crippen molar-refractivity contribution in [2.75, 3.05) is 13.7 Å². The van der Waals surface area contributed by atoms with E-state index in [-0.39, 0.29) is 11.3 Å². The van der Waals surface area contributed by atoms with Gasteiger partial charge in [-0.25, -0.2) is 14.2 Å². The number of carbonyl (C=O) groups is 2. The average molecular weight is 420 g/mol. The zero-order chi connectivity index (χ0) is 22.0. The van der Waals surface area contributed by atoms with Crippen LogP contribution in [0, 0.1) is 12.7 Å². The summed E-state index contributed by atoms with van der Waals surface area (Å²) in [6.45, 7) is 1.20. The molecule has 7 nitrogen and oxygen atoms in total. The van der Waals surface area contributed by atoms with Gasteiger partial charge in [0, 0.05) is 5.56 Å². The Morgan fingerprint density at radius 1 is 1.06 bits per heavy atom. The van der Waals surface area contributed by atoms with E-state index in [1.807, 2.05) is 0 Å². The summed E-state index contributed by atoms with van der Waals surface area (Å²) >= 11 is 0. The van der Waals surface area contributed by atoms with Crippen molar-refractivity contribution in [3.8, 4) is 17.0 Å². The fraction of sp³-hybridized carbons (Fsp3) is 0.130. The Labute approximate surface area is 176 Å². The summed E-state index contributed by atoms with van der Waals surface area (Å²) in [5, 5.41) is 4.25. The van der Waals surface area contributed by atoms with Gasteiger partial charge >= 0.3 is 5.97 Å². The zero-order valence-corrected chi connectivity index (χ0v) is 16.7. The number of ether oxygens (including phenoxy) is 2. The van der Waals surface area contributed by atoms with Gasteiger partial charge in [0.15, 0.2) is 6.61 Å². The average Bonchev–Trinajstić information content (AvgIpc) is 3.17. The first-order valence-electron chi connectivity index (χ1n) is 9.34. The first-order valence-corrected chi connectivity index (χ1v) is 9.34. The van der Waals surface area contributed by atoms with Gasteiger partial charge in [-0.1, -0.05) is 17.3 Å². The molecule has 0 bridgehead atoms. The molecule has 0 saturated carbocycles. The smallest absolute Gasteiger partial charge is 0.339 e. The molecule has 0 spiro atoms. The molecule has 31 heavy (non-hydrogen) atoms. The van der Waals surface area contributed by atoms with E-state index in [4.69, 9.17) is 14.0 Å². The molecule has 0 aliphatic heterocycles. The molecule has 0 radical (unpaired) electrons. The second-order valence-corrected chi connectivity index (χ2v) is 6.71. The van der Waals surface area contributed by atoms with Crippen LogP contribution in [-0.4, -0.2) is 35.6 Å². The predicted molar refractivity (Wildman–Crippen MR) is 110 cm³/mol. The van der Waals surface area contributed by atoms with Crippen molar-refractivity contribution < 1.29 is 28.0 Å². The number of para-hydroxylation sites is 1. The normalized spacial score (nSPS) is 10.8. The monoisotopic (exact) mass is 420 g/mol. The lowest BCUT2D eigenvalue weighted by atomic mass is 10.1. The lowest BCUT2D eigenvalue weighted by molar-refractivity contribution is 0.0476. The van der Waals surface area contributed by atoms with Crippen molar-refractivity contribution in [2.24, 2.45) is 0 Å². The van der Waals surface area contributed by atoms with Crippen LogP contribution in [0.2, 0.25) is 0 Å².